The molecule has 0 aliphatic carbocycles. The van der Waals surface area contributed by atoms with Crippen molar-refractivity contribution in [2.24, 2.45) is 0 Å². The van der Waals surface area contributed by atoms with Crippen LogP contribution in [0.2, 0.25) is 5.02 Å². The summed E-state index contributed by atoms with van der Waals surface area (Å²) in [6.45, 7) is 1.84. The number of phenols is 1. The minimum atomic E-state index is -0.478. The van der Waals surface area contributed by atoms with Crippen LogP contribution < -0.4 is 5.32 Å². The molecule has 24 heavy (non-hydrogen) atoms. The fourth-order valence-corrected chi connectivity index (χ4v) is 2.90. The minimum Gasteiger partial charge on any atom is -0.505 e. The number of phenolic OH excluding ortho intramolecular Hbond substituents is 1. The van der Waals surface area contributed by atoms with Gasteiger partial charge in [0.15, 0.2) is 0 Å². The van der Waals surface area contributed by atoms with E-state index in [2.05, 4.69) is 21.2 Å². The number of nitriles is 1. The van der Waals surface area contributed by atoms with E-state index in [0.717, 1.165) is 5.56 Å². The van der Waals surface area contributed by atoms with Crippen LogP contribution in [-0.2, 0) is 4.79 Å². The second-order valence-electron chi connectivity index (χ2n) is 5.11. The highest BCUT2D eigenvalue weighted by Crippen LogP contribution is 2.33. The molecule has 2 rings (SSSR count). The summed E-state index contributed by atoms with van der Waals surface area (Å²) in [7, 11) is 0. The number of carbonyl (C=O) groups excluding carboxylic acids is 1. The fourth-order valence-electron chi connectivity index (χ4n) is 2.08. The highest BCUT2D eigenvalue weighted by atomic mass is 79.9. The molecule has 0 aromatic heterocycles. The largest absolute Gasteiger partial charge is 0.505 e. The summed E-state index contributed by atoms with van der Waals surface area (Å²) in [5.74, 6) is -0.566. The molecule has 0 bridgehead atoms. The Morgan fingerprint density at radius 3 is 2.62 bits per heavy atom. The van der Waals surface area contributed by atoms with E-state index in [1.54, 1.807) is 6.07 Å². The van der Waals surface area contributed by atoms with Gasteiger partial charge in [-0.1, -0.05) is 41.9 Å². The number of aromatic hydroxyl groups is 1. The molecular formula is C18H14BrClN2O2. The first kappa shape index (κ1) is 18.1. The summed E-state index contributed by atoms with van der Waals surface area (Å²) in [6, 6.07) is 14.2. The fraction of sp³-hybridized carbons (Fsp3) is 0.111. The summed E-state index contributed by atoms with van der Waals surface area (Å²) in [6.07, 6.45) is 1.42. The Labute approximate surface area is 153 Å². The molecule has 2 aromatic carbocycles. The van der Waals surface area contributed by atoms with Gasteiger partial charge in [0.1, 0.15) is 17.4 Å². The van der Waals surface area contributed by atoms with Crippen molar-refractivity contribution in [1.82, 2.24) is 5.32 Å². The van der Waals surface area contributed by atoms with E-state index >= 15 is 0 Å². The number of hydrogen-bond donors (Lipinski definition) is 2. The molecule has 1 atom stereocenters. The lowest BCUT2D eigenvalue weighted by Gasteiger charge is -2.13. The van der Waals surface area contributed by atoms with Gasteiger partial charge in [-0.3, -0.25) is 4.79 Å². The zero-order valence-electron chi connectivity index (χ0n) is 12.8. The molecule has 4 nitrogen and oxygen atoms in total. The normalized spacial score (nSPS) is 12.3. The van der Waals surface area contributed by atoms with Crippen LogP contribution in [0.15, 0.2) is 52.5 Å². The lowest BCUT2D eigenvalue weighted by atomic mass is 10.1. The van der Waals surface area contributed by atoms with E-state index in [1.807, 2.05) is 43.3 Å². The molecule has 2 N–H and O–H groups in total. The van der Waals surface area contributed by atoms with E-state index < -0.39 is 5.91 Å². The van der Waals surface area contributed by atoms with Gasteiger partial charge >= 0.3 is 0 Å². The molecule has 6 heteroatoms. The quantitative estimate of drug-likeness (QED) is 0.577. The van der Waals surface area contributed by atoms with Crippen molar-refractivity contribution in [2.75, 3.05) is 0 Å². The first-order chi connectivity index (χ1) is 11.4. The first-order valence-electron chi connectivity index (χ1n) is 7.08. The summed E-state index contributed by atoms with van der Waals surface area (Å²) in [4.78, 5) is 12.3. The van der Waals surface area contributed by atoms with Gasteiger partial charge in [0.2, 0.25) is 0 Å². The number of nitrogens with one attached hydrogen (secondary N) is 1. The van der Waals surface area contributed by atoms with Crippen molar-refractivity contribution < 1.29 is 9.90 Å². The van der Waals surface area contributed by atoms with Gasteiger partial charge in [-0.15, -0.1) is 0 Å². The first-order valence-corrected chi connectivity index (χ1v) is 8.25. The number of nitrogens with zero attached hydrogens (tertiary/aromatic N) is 1. The van der Waals surface area contributed by atoms with E-state index in [-0.39, 0.29) is 22.4 Å². The van der Waals surface area contributed by atoms with Gasteiger partial charge in [-0.05, 0) is 52.2 Å². The van der Waals surface area contributed by atoms with Gasteiger partial charge in [-0.2, -0.15) is 5.26 Å². The number of halogens is 2. The Morgan fingerprint density at radius 1 is 1.38 bits per heavy atom. The summed E-state index contributed by atoms with van der Waals surface area (Å²) in [5.41, 5.74) is 1.42. The predicted molar refractivity (Wildman–Crippen MR) is 97.4 cm³/mol. The molecule has 0 spiro atoms. The number of benzene rings is 2. The third-order valence-electron chi connectivity index (χ3n) is 3.36. The van der Waals surface area contributed by atoms with Gasteiger partial charge in [0, 0.05) is 0 Å². The van der Waals surface area contributed by atoms with Gasteiger partial charge in [-0.25, -0.2) is 0 Å². The maximum atomic E-state index is 12.3. The zero-order valence-corrected chi connectivity index (χ0v) is 15.1. The van der Waals surface area contributed by atoms with Crippen molar-refractivity contribution in [3.05, 3.63) is 68.7 Å². The third kappa shape index (κ3) is 4.38. The SMILES string of the molecule is C[C@H](NC(=O)/C(C#N)=C\c1cc(Cl)c(O)c(Br)c1)c1ccccc1. The number of rotatable bonds is 4. The van der Waals surface area contributed by atoms with Crippen LogP contribution in [0, 0.1) is 11.3 Å². The molecule has 0 fully saturated rings. The molecule has 1 amide bonds. The Morgan fingerprint density at radius 2 is 2.04 bits per heavy atom. The molecule has 0 aliphatic heterocycles. The number of amides is 1. The van der Waals surface area contributed by atoms with Crippen molar-refractivity contribution >= 4 is 39.5 Å². The van der Waals surface area contributed by atoms with Crippen molar-refractivity contribution in [1.29, 1.82) is 5.26 Å². The lowest BCUT2D eigenvalue weighted by molar-refractivity contribution is -0.117. The second-order valence-corrected chi connectivity index (χ2v) is 6.37. The van der Waals surface area contributed by atoms with Crippen LogP contribution in [-0.4, -0.2) is 11.0 Å². The van der Waals surface area contributed by atoms with Crippen LogP contribution in [0.4, 0.5) is 0 Å². The van der Waals surface area contributed by atoms with E-state index in [9.17, 15) is 15.2 Å². The monoisotopic (exact) mass is 404 g/mol. The molecule has 122 valence electrons. The second kappa shape index (κ2) is 8.00. The van der Waals surface area contributed by atoms with Gasteiger partial charge in [0.05, 0.1) is 15.5 Å². The molecule has 0 saturated heterocycles. The Bertz CT molecular complexity index is 806. The summed E-state index contributed by atoms with van der Waals surface area (Å²) >= 11 is 9.07. The van der Waals surface area contributed by atoms with Crippen molar-refractivity contribution in [3.63, 3.8) is 0 Å². The molecular weight excluding hydrogens is 392 g/mol. The van der Waals surface area contributed by atoms with Crippen LogP contribution in [0.3, 0.4) is 0 Å². The Kier molecular flexibility index (Phi) is 6.02. The maximum absolute atomic E-state index is 12.3. The molecule has 0 aliphatic rings. The van der Waals surface area contributed by atoms with Crippen LogP contribution >= 0.6 is 27.5 Å². The standard InChI is InChI=1S/C18H14BrClN2O2/c1-11(13-5-3-2-4-6-13)22-18(24)14(10-21)7-12-8-15(19)17(23)16(20)9-12/h2-9,11,23H,1H3,(H,22,24)/b14-7-/t11-/m0/s1. The highest BCUT2D eigenvalue weighted by Gasteiger charge is 2.14. The van der Waals surface area contributed by atoms with E-state index in [4.69, 9.17) is 11.6 Å². The van der Waals surface area contributed by atoms with Crippen LogP contribution in [0.5, 0.6) is 5.75 Å². The van der Waals surface area contributed by atoms with Crippen LogP contribution in [0.25, 0.3) is 6.08 Å². The summed E-state index contributed by atoms with van der Waals surface area (Å²) in [5, 5.41) is 21.8. The Hall–Kier alpha value is -2.29. The van der Waals surface area contributed by atoms with Crippen LogP contribution in [0.1, 0.15) is 24.1 Å². The minimum absolute atomic E-state index is 0.0496. The smallest absolute Gasteiger partial charge is 0.262 e. The highest BCUT2D eigenvalue weighted by molar-refractivity contribution is 9.10. The molecule has 2 aromatic rings. The van der Waals surface area contributed by atoms with E-state index in [1.165, 1.54) is 12.1 Å². The maximum Gasteiger partial charge on any atom is 0.262 e. The average Bonchev–Trinajstić information content (AvgIpc) is 2.58. The number of carbonyl (C=O) groups is 1. The van der Waals surface area contributed by atoms with Gasteiger partial charge < -0.3 is 10.4 Å². The van der Waals surface area contributed by atoms with E-state index in [0.29, 0.717) is 10.0 Å². The van der Waals surface area contributed by atoms with Crippen molar-refractivity contribution in [3.8, 4) is 11.8 Å². The lowest BCUT2D eigenvalue weighted by Crippen LogP contribution is -2.27. The molecule has 0 heterocycles. The zero-order chi connectivity index (χ0) is 17.7. The number of hydrogen-bond acceptors (Lipinski definition) is 3. The third-order valence-corrected chi connectivity index (χ3v) is 4.26. The molecule has 0 unspecified atom stereocenters. The molecule has 0 radical (unpaired) electrons. The average molecular weight is 406 g/mol. The van der Waals surface area contributed by atoms with Crippen molar-refractivity contribution in [2.45, 2.75) is 13.0 Å². The summed E-state index contributed by atoms with van der Waals surface area (Å²) < 4.78 is 0.386. The Balaban J connectivity index is 2.22. The molecule has 0 saturated carbocycles. The predicted octanol–water partition coefficient (Wildman–Crippen LogP) is 4.59. The van der Waals surface area contributed by atoms with Gasteiger partial charge in [0.25, 0.3) is 5.91 Å². The topological polar surface area (TPSA) is 73.1 Å².